The first-order valence-corrected chi connectivity index (χ1v) is 2.12. The molecule has 0 spiro atoms. The number of hydrogen-bond acceptors (Lipinski definition) is 0. The first-order chi connectivity index (χ1) is 3.79. The Morgan fingerprint density at radius 3 is 2.33 bits per heavy atom. The van der Waals surface area contributed by atoms with Crippen molar-refractivity contribution in [3.63, 3.8) is 0 Å². The molecule has 3 heteroatoms. The van der Waals surface area contributed by atoms with E-state index in [9.17, 15) is 8.78 Å². The molecule has 0 amide bonds. The Bertz CT molecular complexity index is 171. The number of hydrogen-bond donors (Lipinski definition) is 0. The minimum atomic E-state index is -0.662. The molecule has 1 rings (SSSR count). The van der Waals surface area contributed by atoms with Crippen molar-refractivity contribution in [2.75, 3.05) is 0 Å². The predicted molar refractivity (Wildman–Crippen MR) is 33.7 cm³/mol. The Morgan fingerprint density at radius 1 is 1.33 bits per heavy atom. The standard InChI is InChI=1S/C6H3F2.Mg.2H/c7-5-2-1-3-6(8)4-5;;;/h1-2,4H;;;. The molecule has 0 saturated heterocycles. The molecule has 0 aromatic heterocycles. The Balaban J connectivity index is 0.000000640. The van der Waals surface area contributed by atoms with Crippen LogP contribution >= 0.6 is 0 Å². The van der Waals surface area contributed by atoms with Gasteiger partial charge in [0.15, 0.2) is 0 Å². The predicted octanol–water partition coefficient (Wildman–Crippen LogP) is 0.849. The Kier molecular flexibility index (Phi) is 3.73. The van der Waals surface area contributed by atoms with E-state index in [4.69, 9.17) is 0 Å². The van der Waals surface area contributed by atoms with Crippen molar-refractivity contribution in [2.24, 2.45) is 0 Å². The van der Waals surface area contributed by atoms with Crippen LogP contribution in [0, 0.1) is 17.7 Å². The average Bonchev–Trinajstić information content (AvgIpc) is 1.64. The molecule has 0 nitrogen and oxygen atoms in total. The van der Waals surface area contributed by atoms with Crippen molar-refractivity contribution < 1.29 is 8.78 Å². The molecule has 0 aliphatic heterocycles. The fourth-order valence-corrected chi connectivity index (χ4v) is 0.412. The third kappa shape index (κ3) is 2.77. The zero-order valence-electron chi connectivity index (χ0n) is 3.99. The van der Waals surface area contributed by atoms with Crippen LogP contribution in [0.4, 0.5) is 8.78 Å². The molecule has 0 fully saturated rings. The third-order valence-electron chi connectivity index (χ3n) is 0.728. The summed E-state index contributed by atoms with van der Waals surface area (Å²) >= 11 is 0. The average molecular weight is 139 g/mol. The van der Waals surface area contributed by atoms with Crippen molar-refractivity contribution in [3.05, 3.63) is 35.9 Å². The lowest BCUT2D eigenvalue weighted by Crippen LogP contribution is -1.74. The smallest absolute Gasteiger partial charge is 0.207 e. The lowest BCUT2D eigenvalue weighted by Gasteiger charge is -1.83. The quantitative estimate of drug-likeness (QED) is 0.468. The van der Waals surface area contributed by atoms with Gasteiger partial charge in [0.05, 0.1) is 0 Å². The van der Waals surface area contributed by atoms with Gasteiger partial charge in [0.1, 0.15) is 11.6 Å². The molecule has 1 aromatic rings. The maximum atomic E-state index is 11.9. The molecular weight excluding hydrogens is 134 g/mol. The fourth-order valence-electron chi connectivity index (χ4n) is 0.412. The van der Waals surface area contributed by atoms with Crippen LogP contribution in [0.3, 0.4) is 0 Å². The molecule has 0 saturated carbocycles. The number of benzene rings is 1. The lowest BCUT2D eigenvalue weighted by molar-refractivity contribution is 0.582. The van der Waals surface area contributed by atoms with Gasteiger partial charge in [0.2, 0.25) is 0 Å². The Hall–Kier alpha value is -0.154. The summed E-state index contributed by atoms with van der Waals surface area (Å²) in [6, 6.07) is 5.28. The van der Waals surface area contributed by atoms with Gasteiger partial charge in [-0.05, 0) is 12.1 Å². The summed E-state index contributed by atoms with van der Waals surface area (Å²) in [6.45, 7) is 0. The van der Waals surface area contributed by atoms with E-state index in [-0.39, 0.29) is 23.1 Å². The monoisotopic (exact) mass is 139 g/mol. The van der Waals surface area contributed by atoms with Crippen LogP contribution in [-0.4, -0.2) is 23.1 Å². The summed E-state index contributed by atoms with van der Waals surface area (Å²) in [6.07, 6.45) is 0. The highest BCUT2D eigenvalue weighted by atomic mass is 24.3. The van der Waals surface area contributed by atoms with Gasteiger partial charge < -0.3 is 0 Å². The van der Waals surface area contributed by atoms with Crippen LogP contribution in [0.5, 0.6) is 0 Å². The highest BCUT2D eigenvalue weighted by molar-refractivity contribution is 5.75. The van der Waals surface area contributed by atoms with Crippen molar-refractivity contribution in [3.8, 4) is 0 Å². The van der Waals surface area contributed by atoms with E-state index in [0.717, 1.165) is 12.1 Å². The Morgan fingerprint density at radius 2 is 2.00 bits per heavy atom. The SMILES string of the molecule is Fc1[c]ccc(F)c1.[MgH2]. The van der Waals surface area contributed by atoms with E-state index in [1.807, 2.05) is 0 Å². The van der Waals surface area contributed by atoms with E-state index in [0.29, 0.717) is 0 Å². The summed E-state index contributed by atoms with van der Waals surface area (Å²) in [5, 5.41) is 0. The van der Waals surface area contributed by atoms with Crippen molar-refractivity contribution in [2.45, 2.75) is 0 Å². The third-order valence-corrected chi connectivity index (χ3v) is 0.728. The van der Waals surface area contributed by atoms with Gasteiger partial charge in [-0.25, -0.2) is 8.78 Å². The first kappa shape index (κ1) is 8.85. The van der Waals surface area contributed by atoms with Gasteiger partial charge in [0, 0.05) is 12.1 Å². The van der Waals surface area contributed by atoms with Crippen LogP contribution < -0.4 is 0 Å². The molecule has 0 bridgehead atoms. The maximum Gasteiger partial charge on any atom is 0.316 e. The normalized spacial score (nSPS) is 8.22. The topological polar surface area (TPSA) is 0 Å². The van der Waals surface area contributed by atoms with Gasteiger partial charge >= 0.3 is 23.1 Å². The van der Waals surface area contributed by atoms with E-state index in [1.165, 1.54) is 6.07 Å². The molecule has 0 N–H and O–H groups in total. The second kappa shape index (κ2) is 3.79. The van der Waals surface area contributed by atoms with Crippen LogP contribution in [0.2, 0.25) is 0 Å². The zero-order valence-corrected chi connectivity index (χ0v) is 3.99. The summed E-state index contributed by atoms with van der Waals surface area (Å²) in [5.74, 6) is -1.23. The van der Waals surface area contributed by atoms with Crippen LogP contribution in [-0.2, 0) is 0 Å². The molecule has 0 heterocycles. The second-order valence-corrected chi connectivity index (χ2v) is 1.35. The van der Waals surface area contributed by atoms with E-state index < -0.39 is 11.6 Å². The van der Waals surface area contributed by atoms with Crippen molar-refractivity contribution >= 4 is 23.1 Å². The van der Waals surface area contributed by atoms with Crippen LogP contribution in [0.15, 0.2) is 18.2 Å². The number of halogens is 2. The van der Waals surface area contributed by atoms with Gasteiger partial charge in [-0.1, -0.05) is 0 Å². The molecule has 9 heavy (non-hydrogen) atoms. The zero-order chi connectivity index (χ0) is 5.98. The largest absolute Gasteiger partial charge is 0.316 e. The molecule has 1 aromatic carbocycles. The molecule has 0 aliphatic carbocycles. The number of rotatable bonds is 0. The Labute approximate surface area is 68.0 Å². The molecule has 45 valence electrons. The van der Waals surface area contributed by atoms with Gasteiger partial charge in [0.25, 0.3) is 0 Å². The first-order valence-electron chi connectivity index (χ1n) is 2.12. The van der Waals surface area contributed by atoms with Crippen molar-refractivity contribution in [1.82, 2.24) is 0 Å². The van der Waals surface area contributed by atoms with Gasteiger partial charge in [-0.2, -0.15) is 0 Å². The van der Waals surface area contributed by atoms with Gasteiger partial charge in [-0.15, -0.1) is 0 Å². The molecular formula is C6H5F2Mg. The second-order valence-electron chi connectivity index (χ2n) is 1.35. The van der Waals surface area contributed by atoms with Crippen LogP contribution in [0.25, 0.3) is 0 Å². The minimum Gasteiger partial charge on any atom is -0.207 e. The summed E-state index contributed by atoms with van der Waals surface area (Å²) in [4.78, 5) is 0. The van der Waals surface area contributed by atoms with Gasteiger partial charge in [-0.3, -0.25) is 0 Å². The fraction of sp³-hybridized carbons (Fsp3) is 0. The summed E-state index contributed by atoms with van der Waals surface area (Å²) in [5.41, 5.74) is 0. The maximum absolute atomic E-state index is 11.9. The van der Waals surface area contributed by atoms with Crippen molar-refractivity contribution in [1.29, 1.82) is 0 Å². The molecule has 0 unspecified atom stereocenters. The lowest BCUT2D eigenvalue weighted by atomic mass is 10.3. The highest BCUT2D eigenvalue weighted by Crippen LogP contribution is 1.98. The molecule has 0 atom stereocenters. The molecule has 0 aliphatic rings. The molecule has 1 radical (unpaired) electrons. The minimum absolute atomic E-state index is 0. The highest BCUT2D eigenvalue weighted by Gasteiger charge is 1.89. The summed E-state index contributed by atoms with van der Waals surface area (Å²) in [7, 11) is 0. The summed E-state index contributed by atoms with van der Waals surface area (Å²) < 4.78 is 23.8. The van der Waals surface area contributed by atoms with E-state index >= 15 is 0 Å². The van der Waals surface area contributed by atoms with E-state index in [2.05, 4.69) is 6.07 Å². The van der Waals surface area contributed by atoms with Crippen LogP contribution in [0.1, 0.15) is 0 Å². The van der Waals surface area contributed by atoms with E-state index in [1.54, 1.807) is 0 Å².